The molecule has 1 aromatic rings. The summed E-state index contributed by atoms with van der Waals surface area (Å²) in [4.78, 5) is 0. The monoisotopic (exact) mass is 223 g/mol. The van der Waals surface area contributed by atoms with Crippen LogP contribution in [0.2, 0.25) is 0 Å². The number of aryl methyl sites for hydroxylation is 1. The van der Waals surface area contributed by atoms with E-state index in [0.29, 0.717) is 6.04 Å². The molecular weight excluding hydrogens is 198 g/mol. The fraction of sp³-hybridized carbons (Fsp3) is 0.769. The highest BCUT2D eigenvalue weighted by atomic mass is 15.3. The SMILES string of the molecule is CCCn1cc(CNC(C)CC(C)C)cn1. The average molecular weight is 223 g/mol. The summed E-state index contributed by atoms with van der Waals surface area (Å²) >= 11 is 0. The molecule has 0 fully saturated rings. The van der Waals surface area contributed by atoms with Gasteiger partial charge in [0, 0.05) is 30.9 Å². The van der Waals surface area contributed by atoms with Crippen LogP contribution in [0, 0.1) is 5.92 Å². The second-order valence-corrected chi connectivity index (χ2v) is 5.02. The lowest BCUT2D eigenvalue weighted by atomic mass is 10.1. The van der Waals surface area contributed by atoms with Crippen molar-refractivity contribution >= 4 is 0 Å². The van der Waals surface area contributed by atoms with Crippen LogP contribution in [0.15, 0.2) is 12.4 Å². The average Bonchev–Trinajstić information content (AvgIpc) is 2.62. The number of rotatable bonds is 7. The van der Waals surface area contributed by atoms with Gasteiger partial charge in [0.25, 0.3) is 0 Å². The smallest absolute Gasteiger partial charge is 0.0534 e. The van der Waals surface area contributed by atoms with Gasteiger partial charge in [-0.3, -0.25) is 4.68 Å². The van der Waals surface area contributed by atoms with E-state index in [9.17, 15) is 0 Å². The largest absolute Gasteiger partial charge is 0.310 e. The third-order valence-corrected chi connectivity index (χ3v) is 2.62. The Balaban J connectivity index is 2.30. The Morgan fingerprint density at radius 2 is 2.12 bits per heavy atom. The number of aromatic nitrogens is 2. The Kier molecular flexibility index (Phi) is 5.53. The van der Waals surface area contributed by atoms with E-state index in [1.54, 1.807) is 0 Å². The first-order valence-electron chi connectivity index (χ1n) is 6.36. The van der Waals surface area contributed by atoms with Crippen molar-refractivity contribution in [1.82, 2.24) is 15.1 Å². The van der Waals surface area contributed by atoms with Crippen molar-refractivity contribution in [3.8, 4) is 0 Å². The lowest BCUT2D eigenvalue weighted by Gasteiger charge is -2.15. The van der Waals surface area contributed by atoms with Gasteiger partial charge >= 0.3 is 0 Å². The highest BCUT2D eigenvalue weighted by Crippen LogP contribution is 2.05. The van der Waals surface area contributed by atoms with Crippen LogP contribution in [0.3, 0.4) is 0 Å². The molecule has 0 amide bonds. The Morgan fingerprint density at radius 3 is 2.75 bits per heavy atom. The van der Waals surface area contributed by atoms with E-state index >= 15 is 0 Å². The van der Waals surface area contributed by atoms with Gasteiger partial charge in [-0.1, -0.05) is 20.8 Å². The molecule has 16 heavy (non-hydrogen) atoms. The maximum atomic E-state index is 4.32. The van der Waals surface area contributed by atoms with Crippen molar-refractivity contribution in [1.29, 1.82) is 0 Å². The number of hydrogen-bond donors (Lipinski definition) is 1. The summed E-state index contributed by atoms with van der Waals surface area (Å²) < 4.78 is 2.02. The van der Waals surface area contributed by atoms with Crippen molar-refractivity contribution in [3.63, 3.8) is 0 Å². The maximum Gasteiger partial charge on any atom is 0.0534 e. The quantitative estimate of drug-likeness (QED) is 0.770. The molecule has 3 heteroatoms. The Labute approximate surface area is 99.2 Å². The Bertz CT molecular complexity index is 291. The zero-order valence-corrected chi connectivity index (χ0v) is 11.0. The molecule has 0 aliphatic rings. The van der Waals surface area contributed by atoms with Crippen LogP contribution in [0.1, 0.15) is 46.1 Å². The minimum atomic E-state index is 0.578. The summed E-state index contributed by atoms with van der Waals surface area (Å²) in [6.07, 6.45) is 6.46. The second kappa shape index (κ2) is 6.69. The lowest BCUT2D eigenvalue weighted by Crippen LogP contribution is -2.26. The minimum absolute atomic E-state index is 0.578. The third kappa shape index (κ3) is 4.79. The first-order chi connectivity index (χ1) is 7.61. The van der Waals surface area contributed by atoms with Crippen molar-refractivity contribution in [3.05, 3.63) is 18.0 Å². The lowest BCUT2D eigenvalue weighted by molar-refractivity contribution is 0.441. The van der Waals surface area contributed by atoms with Crippen LogP contribution in [0.5, 0.6) is 0 Å². The number of nitrogens with one attached hydrogen (secondary N) is 1. The van der Waals surface area contributed by atoms with Gasteiger partial charge < -0.3 is 5.32 Å². The standard InChI is InChI=1S/C13H25N3/c1-5-6-16-10-13(9-15-16)8-14-12(4)7-11(2)3/h9-12,14H,5-8H2,1-4H3. The van der Waals surface area contributed by atoms with Crippen molar-refractivity contribution < 1.29 is 0 Å². The molecule has 0 bridgehead atoms. The van der Waals surface area contributed by atoms with Gasteiger partial charge in [-0.05, 0) is 25.7 Å². The molecule has 0 radical (unpaired) electrons. The molecule has 0 spiro atoms. The summed E-state index contributed by atoms with van der Waals surface area (Å²) in [6, 6.07) is 0.578. The molecule has 1 unspecified atom stereocenters. The zero-order valence-electron chi connectivity index (χ0n) is 11.0. The van der Waals surface area contributed by atoms with Gasteiger partial charge in [-0.25, -0.2) is 0 Å². The maximum absolute atomic E-state index is 4.32. The van der Waals surface area contributed by atoms with Crippen LogP contribution >= 0.6 is 0 Å². The first-order valence-corrected chi connectivity index (χ1v) is 6.36. The van der Waals surface area contributed by atoms with E-state index in [-0.39, 0.29) is 0 Å². The summed E-state index contributed by atoms with van der Waals surface area (Å²) in [5.74, 6) is 0.755. The van der Waals surface area contributed by atoms with E-state index in [1.807, 2.05) is 10.9 Å². The highest BCUT2D eigenvalue weighted by molar-refractivity contribution is 5.03. The third-order valence-electron chi connectivity index (χ3n) is 2.62. The van der Waals surface area contributed by atoms with Crippen LogP contribution < -0.4 is 5.32 Å². The molecule has 1 rings (SSSR count). The molecule has 92 valence electrons. The van der Waals surface area contributed by atoms with Gasteiger partial charge in [0.15, 0.2) is 0 Å². The van der Waals surface area contributed by atoms with Crippen LogP contribution in [-0.4, -0.2) is 15.8 Å². The summed E-state index contributed by atoms with van der Waals surface area (Å²) in [5.41, 5.74) is 1.28. The summed E-state index contributed by atoms with van der Waals surface area (Å²) in [7, 11) is 0. The van der Waals surface area contributed by atoms with Gasteiger partial charge in [-0.2, -0.15) is 5.10 Å². The normalized spacial score (nSPS) is 13.3. The summed E-state index contributed by atoms with van der Waals surface area (Å²) in [6.45, 7) is 10.9. The van der Waals surface area contributed by atoms with Gasteiger partial charge in [0.2, 0.25) is 0 Å². The molecule has 0 aliphatic heterocycles. The topological polar surface area (TPSA) is 29.9 Å². The molecule has 3 nitrogen and oxygen atoms in total. The second-order valence-electron chi connectivity index (χ2n) is 5.02. The van der Waals surface area contributed by atoms with Crippen LogP contribution in [0.25, 0.3) is 0 Å². The van der Waals surface area contributed by atoms with E-state index < -0.39 is 0 Å². The van der Waals surface area contributed by atoms with E-state index in [4.69, 9.17) is 0 Å². The first kappa shape index (κ1) is 13.2. The van der Waals surface area contributed by atoms with Crippen LogP contribution in [-0.2, 0) is 13.1 Å². The molecule has 1 atom stereocenters. The van der Waals surface area contributed by atoms with E-state index in [0.717, 1.165) is 25.4 Å². The molecule has 1 aromatic heterocycles. The fourth-order valence-electron chi connectivity index (χ4n) is 1.93. The zero-order chi connectivity index (χ0) is 12.0. The predicted octanol–water partition coefficient (Wildman–Crippen LogP) is 2.82. The van der Waals surface area contributed by atoms with E-state index in [2.05, 4.69) is 44.3 Å². The molecule has 0 saturated heterocycles. The van der Waals surface area contributed by atoms with Crippen molar-refractivity contribution in [2.24, 2.45) is 5.92 Å². The highest BCUT2D eigenvalue weighted by Gasteiger charge is 2.05. The van der Waals surface area contributed by atoms with Gasteiger partial charge in [0.1, 0.15) is 0 Å². The van der Waals surface area contributed by atoms with Crippen molar-refractivity contribution in [2.45, 2.75) is 59.7 Å². The van der Waals surface area contributed by atoms with Crippen LogP contribution in [0.4, 0.5) is 0 Å². The molecular formula is C13H25N3. The van der Waals surface area contributed by atoms with Gasteiger partial charge in [-0.15, -0.1) is 0 Å². The minimum Gasteiger partial charge on any atom is -0.310 e. The number of nitrogens with zero attached hydrogens (tertiary/aromatic N) is 2. The predicted molar refractivity (Wildman–Crippen MR) is 68.3 cm³/mol. The molecule has 0 aromatic carbocycles. The molecule has 1 N–H and O–H groups in total. The fourth-order valence-corrected chi connectivity index (χ4v) is 1.93. The number of hydrogen-bond acceptors (Lipinski definition) is 2. The molecule has 1 heterocycles. The Hall–Kier alpha value is -0.830. The van der Waals surface area contributed by atoms with E-state index in [1.165, 1.54) is 12.0 Å². The van der Waals surface area contributed by atoms with Gasteiger partial charge in [0.05, 0.1) is 6.20 Å². The Morgan fingerprint density at radius 1 is 1.38 bits per heavy atom. The molecule has 0 aliphatic carbocycles. The van der Waals surface area contributed by atoms with Crippen molar-refractivity contribution in [2.75, 3.05) is 0 Å². The molecule has 0 saturated carbocycles. The summed E-state index contributed by atoms with van der Waals surface area (Å²) in [5, 5.41) is 7.85.